The van der Waals surface area contributed by atoms with Gasteiger partial charge < -0.3 is 0 Å². The van der Waals surface area contributed by atoms with Crippen molar-refractivity contribution in [2.45, 2.75) is 20.3 Å². The van der Waals surface area contributed by atoms with Crippen LogP contribution in [0.4, 0.5) is 10.1 Å². The molecule has 4 nitrogen and oxygen atoms in total. The number of hydrogen-bond acceptors (Lipinski definition) is 3. The van der Waals surface area contributed by atoms with Gasteiger partial charge in [0.1, 0.15) is 5.82 Å². The first-order valence-corrected chi connectivity index (χ1v) is 6.41. The summed E-state index contributed by atoms with van der Waals surface area (Å²) < 4.78 is 13.4. The van der Waals surface area contributed by atoms with Crippen molar-refractivity contribution >= 4 is 11.5 Å². The number of benzene rings is 2. The maximum Gasteiger partial charge on any atom is 0.273 e. The Morgan fingerprint density at radius 1 is 1.19 bits per heavy atom. The summed E-state index contributed by atoms with van der Waals surface area (Å²) in [4.78, 5) is 22.2. The molecule has 0 unspecified atom stereocenters. The topological polar surface area (TPSA) is 60.2 Å². The molecule has 0 atom stereocenters. The average Bonchev–Trinajstić information content (AvgIpc) is 2.42. The van der Waals surface area contributed by atoms with Crippen molar-refractivity contribution < 1.29 is 14.1 Å². The lowest BCUT2D eigenvalue weighted by molar-refractivity contribution is -0.385. The molecular formula is C16H14FNO3. The van der Waals surface area contributed by atoms with Crippen LogP contribution in [0.2, 0.25) is 0 Å². The minimum atomic E-state index is -0.784. The number of rotatable bonds is 4. The first-order valence-electron chi connectivity index (χ1n) is 6.41. The molecule has 0 fully saturated rings. The Bertz CT molecular complexity index is 725. The molecule has 0 aliphatic carbocycles. The summed E-state index contributed by atoms with van der Waals surface area (Å²) in [6, 6.07) is 8.68. The van der Waals surface area contributed by atoms with E-state index in [4.69, 9.17) is 0 Å². The van der Waals surface area contributed by atoms with Crippen molar-refractivity contribution in [2.24, 2.45) is 0 Å². The minimum absolute atomic E-state index is 0.0163. The predicted octanol–water partition coefficient (Wildman–Crippen LogP) is 3.78. The molecule has 0 aliphatic heterocycles. The Labute approximate surface area is 121 Å². The Morgan fingerprint density at radius 3 is 2.57 bits per heavy atom. The zero-order valence-electron chi connectivity index (χ0n) is 11.7. The Kier molecular flexibility index (Phi) is 4.12. The fourth-order valence-electron chi connectivity index (χ4n) is 2.11. The molecule has 2 aromatic rings. The summed E-state index contributed by atoms with van der Waals surface area (Å²) in [5.41, 5.74) is 2.42. The third-order valence-electron chi connectivity index (χ3n) is 3.27. The predicted molar refractivity (Wildman–Crippen MR) is 77.0 cm³/mol. The molecule has 0 saturated carbocycles. The van der Waals surface area contributed by atoms with Gasteiger partial charge in [0.25, 0.3) is 5.69 Å². The summed E-state index contributed by atoms with van der Waals surface area (Å²) in [7, 11) is 0. The van der Waals surface area contributed by atoms with Crippen molar-refractivity contribution in [2.75, 3.05) is 0 Å². The highest BCUT2D eigenvalue weighted by molar-refractivity contribution is 5.98. The van der Waals surface area contributed by atoms with E-state index in [1.54, 1.807) is 0 Å². The monoisotopic (exact) mass is 287 g/mol. The second kappa shape index (κ2) is 5.83. The normalized spacial score (nSPS) is 10.4. The van der Waals surface area contributed by atoms with Gasteiger partial charge in [-0.2, -0.15) is 0 Å². The van der Waals surface area contributed by atoms with Crippen LogP contribution in [0.3, 0.4) is 0 Å². The van der Waals surface area contributed by atoms with Gasteiger partial charge in [-0.25, -0.2) is 4.39 Å². The zero-order valence-corrected chi connectivity index (χ0v) is 11.7. The molecule has 108 valence electrons. The van der Waals surface area contributed by atoms with Gasteiger partial charge in [-0.15, -0.1) is 0 Å². The summed E-state index contributed by atoms with van der Waals surface area (Å²) >= 11 is 0. The number of nitro benzene ring substituents is 1. The molecule has 5 heteroatoms. The number of halogens is 1. The van der Waals surface area contributed by atoms with Crippen molar-refractivity contribution in [1.29, 1.82) is 0 Å². The first kappa shape index (κ1) is 14.8. The van der Waals surface area contributed by atoms with E-state index >= 15 is 0 Å². The summed E-state index contributed by atoms with van der Waals surface area (Å²) in [5, 5.41) is 10.7. The number of nitrogens with zero attached hydrogens (tertiary/aromatic N) is 1. The van der Waals surface area contributed by atoms with Gasteiger partial charge in [-0.05, 0) is 31.0 Å². The molecule has 0 radical (unpaired) electrons. The molecule has 0 spiro atoms. The lowest BCUT2D eigenvalue weighted by Crippen LogP contribution is -2.06. The highest BCUT2D eigenvalue weighted by Crippen LogP contribution is 2.19. The fraction of sp³-hybridized carbons (Fsp3) is 0.188. The molecule has 0 amide bonds. The van der Waals surface area contributed by atoms with Crippen molar-refractivity contribution in [3.63, 3.8) is 0 Å². The van der Waals surface area contributed by atoms with Gasteiger partial charge >= 0.3 is 0 Å². The largest absolute Gasteiger partial charge is 0.294 e. The zero-order chi connectivity index (χ0) is 15.6. The average molecular weight is 287 g/mol. The van der Waals surface area contributed by atoms with Crippen LogP contribution >= 0.6 is 0 Å². The van der Waals surface area contributed by atoms with Gasteiger partial charge in [0.2, 0.25) is 0 Å². The number of nitro groups is 1. The van der Waals surface area contributed by atoms with E-state index in [9.17, 15) is 19.3 Å². The number of carbonyl (C=O) groups excluding carboxylic acids is 1. The minimum Gasteiger partial charge on any atom is -0.294 e. The number of non-ortho nitro benzene ring substituents is 1. The maximum atomic E-state index is 13.4. The second-order valence-corrected chi connectivity index (χ2v) is 4.99. The van der Waals surface area contributed by atoms with Crippen LogP contribution in [0, 0.1) is 29.8 Å². The van der Waals surface area contributed by atoms with Gasteiger partial charge in [0.15, 0.2) is 5.78 Å². The molecule has 0 aliphatic rings. The molecule has 2 rings (SSSR count). The van der Waals surface area contributed by atoms with Crippen LogP contribution in [0.5, 0.6) is 0 Å². The Balaban J connectivity index is 2.32. The third kappa shape index (κ3) is 3.51. The summed E-state index contributed by atoms with van der Waals surface area (Å²) in [6.07, 6.45) is 0.0914. The van der Waals surface area contributed by atoms with Crippen LogP contribution in [0.15, 0.2) is 36.4 Å². The second-order valence-electron chi connectivity index (χ2n) is 4.99. The number of aryl methyl sites for hydroxylation is 2. The molecule has 2 aromatic carbocycles. The summed E-state index contributed by atoms with van der Waals surface area (Å²) in [5.74, 6) is -1.13. The van der Waals surface area contributed by atoms with Crippen LogP contribution in [0.25, 0.3) is 0 Å². The van der Waals surface area contributed by atoms with Gasteiger partial charge in [0, 0.05) is 18.1 Å². The fourth-order valence-corrected chi connectivity index (χ4v) is 2.11. The molecule has 0 N–H and O–H groups in total. The molecule has 21 heavy (non-hydrogen) atoms. The number of ketones is 1. The van der Waals surface area contributed by atoms with Crippen LogP contribution in [0.1, 0.15) is 27.0 Å². The van der Waals surface area contributed by atoms with Gasteiger partial charge in [0.05, 0.1) is 11.0 Å². The van der Waals surface area contributed by atoms with E-state index < -0.39 is 16.4 Å². The smallest absolute Gasteiger partial charge is 0.273 e. The Hall–Kier alpha value is -2.56. The van der Waals surface area contributed by atoms with Crippen molar-refractivity contribution in [1.82, 2.24) is 0 Å². The van der Waals surface area contributed by atoms with Gasteiger partial charge in [-0.1, -0.05) is 23.8 Å². The van der Waals surface area contributed by atoms with E-state index in [-0.39, 0.29) is 17.8 Å². The highest BCUT2D eigenvalue weighted by atomic mass is 19.1. The van der Waals surface area contributed by atoms with Crippen LogP contribution < -0.4 is 0 Å². The SMILES string of the molecule is Cc1ccc(C)c(CC(=O)c2cc(F)cc([N+](=O)[O-])c2)c1. The van der Waals surface area contributed by atoms with E-state index in [1.807, 2.05) is 32.0 Å². The molecule has 0 aromatic heterocycles. The van der Waals surface area contributed by atoms with Crippen LogP contribution in [-0.2, 0) is 6.42 Å². The van der Waals surface area contributed by atoms with E-state index in [0.717, 1.165) is 34.9 Å². The lowest BCUT2D eigenvalue weighted by atomic mass is 9.97. The molecule has 0 saturated heterocycles. The van der Waals surface area contributed by atoms with E-state index in [0.29, 0.717) is 0 Å². The number of hydrogen-bond donors (Lipinski definition) is 0. The summed E-state index contributed by atoms with van der Waals surface area (Å²) in [6.45, 7) is 3.80. The third-order valence-corrected chi connectivity index (χ3v) is 3.27. The Morgan fingerprint density at radius 2 is 1.90 bits per heavy atom. The quantitative estimate of drug-likeness (QED) is 0.488. The maximum absolute atomic E-state index is 13.4. The molecule has 0 heterocycles. The number of Topliss-reactive ketones (excluding diaryl/α,β-unsaturated/α-hetero) is 1. The number of carbonyl (C=O) groups is 1. The molecular weight excluding hydrogens is 273 g/mol. The molecule has 0 bridgehead atoms. The van der Waals surface area contributed by atoms with Crippen molar-refractivity contribution in [3.8, 4) is 0 Å². The standard InChI is InChI=1S/C16H14FNO3/c1-10-3-4-11(2)12(5-10)8-16(19)13-6-14(17)9-15(7-13)18(20)21/h3-7,9H,8H2,1-2H3. The lowest BCUT2D eigenvalue weighted by Gasteiger charge is -2.07. The van der Waals surface area contributed by atoms with E-state index in [2.05, 4.69) is 0 Å². The first-order chi connectivity index (χ1) is 9.86. The van der Waals surface area contributed by atoms with Gasteiger partial charge in [-0.3, -0.25) is 14.9 Å². The van der Waals surface area contributed by atoms with Crippen molar-refractivity contribution in [3.05, 3.63) is 74.6 Å². The van der Waals surface area contributed by atoms with Crippen LogP contribution in [-0.4, -0.2) is 10.7 Å². The highest BCUT2D eigenvalue weighted by Gasteiger charge is 2.15. The van der Waals surface area contributed by atoms with E-state index in [1.165, 1.54) is 0 Å².